The molecule has 1 aromatic rings. The molecular weight excluding hydrogens is 670 g/mol. The van der Waals surface area contributed by atoms with Crippen LogP contribution in [-0.4, -0.2) is 113 Å². The van der Waals surface area contributed by atoms with Crippen molar-refractivity contribution in [3.63, 3.8) is 0 Å². The third-order valence-electron chi connectivity index (χ3n) is 11.1. The largest absolute Gasteiger partial charge is 0.457 e. The molecular formula is C39H59N3O10. The number of ether oxygens (including phenoxy) is 5. The van der Waals surface area contributed by atoms with Crippen molar-refractivity contribution in [2.24, 2.45) is 23.7 Å². The van der Waals surface area contributed by atoms with Crippen molar-refractivity contribution in [2.45, 2.75) is 135 Å². The van der Waals surface area contributed by atoms with Crippen LogP contribution in [0.25, 0.3) is 6.08 Å². The molecule has 13 atom stereocenters. The number of amides is 1. The predicted octanol–water partition coefficient (Wildman–Crippen LogP) is 4.35. The minimum Gasteiger partial charge on any atom is -0.457 e. The summed E-state index contributed by atoms with van der Waals surface area (Å²) in [5.74, 6) is -5.05. The predicted molar refractivity (Wildman–Crippen MR) is 193 cm³/mol. The lowest BCUT2D eigenvalue weighted by molar-refractivity contribution is -0.296. The van der Waals surface area contributed by atoms with Crippen LogP contribution < -0.4 is 5.32 Å². The number of aliphatic hydroxyl groups is 1. The van der Waals surface area contributed by atoms with Crippen LogP contribution in [0.3, 0.4) is 0 Å². The lowest BCUT2D eigenvalue weighted by atomic mass is 9.73. The highest BCUT2D eigenvalue weighted by molar-refractivity contribution is 6.00. The molecule has 3 saturated heterocycles. The van der Waals surface area contributed by atoms with Gasteiger partial charge in [0, 0.05) is 36.2 Å². The van der Waals surface area contributed by atoms with E-state index in [0.29, 0.717) is 19.3 Å². The van der Waals surface area contributed by atoms with Crippen LogP contribution in [0, 0.1) is 23.7 Å². The molecule has 290 valence electrons. The van der Waals surface area contributed by atoms with E-state index in [1.165, 1.54) is 6.92 Å². The van der Waals surface area contributed by atoms with Gasteiger partial charge in [0.15, 0.2) is 17.7 Å². The first-order chi connectivity index (χ1) is 24.4. The number of likely N-dealkylation sites (N-methyl/N-ethyl adjacent to an activating group) is 1. The van der Waals surface area contributed by atoms with Gasteiger partial charge in [0.25, 0.3) is 0 Å². The first-order valence-corrected chi connectivity index (χ1v) is 18.6. The molecule has 3 aliphatic rings. The van der Waals surface area contributed by atoms with E-state index in [4.69, 9.17) is 23.7 Å². The number of esters is 1. The first kappa shape index (κ1) is 41.5. The van der Waals surface area contributed by atoms with Crippen molar-refractivity contribution in [3.8, 4) is 0 Å². The number of Topliss-reactive ketones (excluding diaryl/α,β-unsaturated/α-hetero) is 2. The minimum absolute atomic E-state index is 0.0777. The highest BCUT2D eigenvalue weighted by atomic mass is 16.7. The number of rotatable bonds is 9. The smallest absolute Gasteiger partial charge is 0.408 e. The Kier molecular flexibility index (Phi) is 13.8. The van der Waals surface area contributed by atoms with Crippen LogP contribution in [-0.2, 0) is 38.1 Å². The number of alkyl carbamates (subject to hydrolysis) is 1. The normalized spacial score (nSPS) is 39.5. The Balaban J connectivity index is 1.81. The van der Waals surface area contributed by atoms with Gasteiger partial charge in [0.05, 0.1) is 30.5 Å². The van der Waals surface area contributed by atoms with Gasteiger partial charge in [-0.05, 0) is 72.7 Å². The maximum Gasteiger partial charge on any atom is 0.408 e. The van der Waals surface area contributed by atoms with Gasteiger partial charge < -0.3 is 39.0 Å². The molecule has 2 N–H and O–H groups in total. The molecule has 13 nitrogen and oxygen atoms in total. The number of fused-ring (bicyclic) bond motifs is 1. The maximum absolute atomic E-state index is 14.4. The molecule has 4 heterocycles. The fourth-order valence-electron chi connectivity index (χ4n) is 8.14. The number of nitrogens with zero attached hydrogens (tertiary/aromatic N) is 2. The Hall–Kier alpha value is -3.23. The van der Waals surface area contributed by atoms with Gasteiger partial charge in [-0.1, -0.05) is 52.3 Å². The topological polar surface area (TPSA) is 163 Å². The number of ketones is 2. The number of nitrogens with one attached hydrogen (secondary N) is 1. The molecule has 4 rings (SSSR count). The van der Waals surface area contributed by atoms with Gasteiger partial charge in [0.2, 0.25) is 0 Å². The molecule has 52 heavy (non-hydrogen) atoms. The number of hydrogen-bond acceptors (Lipinski definition) is 12. The third-order valence-corrected chi connectivity index (χ3v) is 11.1. The average molecular weight is 730 g/mol. The number of pyridine rings is 1. The van der Waals surface area contributed by atoms with Crippen LogP contribution in [0.4, 0.5) is 4.79 Å². The summed E-state index contributed by atoms with van der Waals surface area (Å²) in [4.78, 5) is 61.4. The first-order valence-electron chi connectivity index (χ1n) is 18.6. The monoisotopic (exact) mass is 729 g/mol. The molecule has 0 radical (unpaired) electrons. The highest BCUT2D eigenvalue weighted by Crippen LogP contribution is 2.40. The van der Waals surface area contributed by atoms with Gasteiger partial charge in [-0.3, -0.25) is 19.4 Å². The lowest BCUT2D eigenvalue weighted by Crippen LogP contribution is -2.60. The third kappa shape index (κ3) is 9.10. The van der Waals surface area contributed by atoms with E-state index < -0.39 is 83.4 Å². The van der Waals surface area contributed by atoms with E-state index in [1.807, 2.05) is 57.1 Å². The average Bonchev–Trinajstić information content (AvgIpc) is 3.42. The Morgan fingerprint density at radius 2 is 1.79 bits per heavy atom. The van der Waals surface area contributed by atoms with Crippen molar-refractivity contribution in [1.82, 2.24) is 15.2 Å². The zero-order chi connectivity index (χ0) is 38.5. The van der Waals surface area contributed by atoms with Gasteiger partial charge in [-0.25, -0.2) is 4.79 Å². The zero-order valence-electron chi connectivity index (χ0n) is 32.4. The van der Waals surface area contributed by atoms with Crippen LogP contribution in [0.2, 0.25) is 0 Å². The highest BCUT2D eigenvalue weighted by Gasteiger charge is 2.57. The number of aromatic nitrogens is 1. The summed E-state index contributed by atoms with van der Waals surface area (Å²) < 4.78 is 31.4. The molecule has 3 aliphatic heterocycles. The molecule has 0 bridgehead atoms. The quantitative estimate of drug-likeness (QED) is 0.274. The van der Waals surface area contributed by atoms with Gasteiger partial charge in [-0.15, -0.1) is 0 Å². The second-order valence-corrected chi connectivity index (χ2v) is 15.6. The molecule has 0 spiro atoms. The summed E-state index contributed by atoms with van der Waals surface area (Å²) in [7, 11) is 3.74. The van der Waals surface area contributed by atoms with Crippen LogP contribution >= 0.6 is 0 Å². The maximum atomic E-state index is 14.4. The van der Waals surface area contributed by atoms with Crippen LogP contribution in [0.15, 0.2) is 30.6 Å². The minimum atomic E-state index is -1.37. The van der Waals surface area contributed by atoms with Crippen molar-refractivity contribution < 1.29 is 48.0 Å². The Labute approximate surface area is 308 Å². The van der Waals surface area contributed by atoms with E-state index in [1.54, 1.807) is 47.0 Å². The molecule has 13 heteroatoms. The van der Waals surface area contributed by atoms with Crippen molar-refractivity contribution in [2.75, 3.05) is 20.7 Å². The van der Waals surface area contributed by atoms with E-state index in [2.05, 4.69) is 10.3 Å². The molecule has 0 saturated carbocycles. The van der Waals surface area contributed by atoms with Gasteiger partial charge >= 0.3 is 12.1 Å². The van der Waals surface area contributed by atoms with Crippen molar-refractivity contribution in [3.05, 3.63) is 36.2 Å². The van der Waals surface area contributed by atoms with E-state index >= 15 is 0 Å². The molecule has 0 aromatic carbocycles. The molecule has 0 unspecified atom stereocenters. The van der Waals surface area contributed by atoms with Crippen molar-refractivity contribution >= 4 is 29.7 Å². The fraction of sp³-hybridized carbons (Fsp3) is 0.718. The summed E-state index contributed by atoms with van der Waals surface area (Å²) in [5, 5.41) is 14.3. The summed E-state index contributed by atoms with van der Waals surface area (Å²) in [6, 6.07) is 2.61. The number of aliphatic hydroxyl groups excluding tert-OH is 1. The second kappa shape index (κ2) is 17.3. The second-order valence-electron chi connectivity index (χ2n) is 15.6. The van der Waals surface area contributed by atoms with Gasteiger partial charge in [-0.2, -0.15) is 0 Å². The summed E-state index contributed by atoms with van der Waals surface area (Å²) in [6.07, 6.45) is 3.44. The van der Waals surface area contributed by atoms with E-state index in [9.17, 15) is 24.3 Å². The van der Waals surface area contributed by atoms with E-state index in [0.717, 1.165) is 5.56 Å². The van der Waals surface area contributed by atoms with Crippen LogP contribution in [0.1, 0.15) is 86.6 Å². The fourth-order valence-corrected chi connectivity index (χ4v) is 8.14. The molecule has 0 aliphatic carbocycles. The summed E-state index contributed by atoms with van der Waals surface area (Å²) in [5.41, 5.74) is -1.85. The SMILES string of the molecule is CCC[C@H]1OC(=O)[C@H](C)C(=O)[C@H](C)[C@@H](O[C@@H]2O[C@H](C)C[C@H](N(C)C)[C@H]2O)[C@](C)(OC/C=C/c2cccnc2)C[C@@H](C)C(=O)[C@H](C)[C@@H]2NC(=O)O[C@]12C. The Morgan fingerprint density at radius 3 is 2.42 bits per heavy atom. The molecule has 1 aromatic heterocycles. The standard InChI is InChI=1S/C39H59N3O10/c1-11-14-29-39(8)33(41-37(47)52-39)24(4)30(43)22(2)20-38(7,48-18-13-16-27-15-12-17-40-21-27)34(25(5)31(44)26(6)35(46)50-29)51-36-32(45)28(42(9)10)19-23(3)49-36/h12-13,15-17,21-26,28-29,32-34,36,45H,11,14,18-20H2,1-10H3,(H,41,47)/b16-13+/t22-,23-,24+,25+,26-,28+,29-,32-,33+,34-,36+,38-,39-/m1/s1. The number of cyclic esters (lactones) is 1. The number of hydrogen-bond donors (Lipinski definition) is 2. The van der Waals surface area contributed by atoms with E-state index in [-0.39, 0.29) is 31.0 Å². The number of carbonyl (C=O) groups is 4. The Morgan fingerprint density at radius 1 is 1.08 bits per heavy atom. The molecule has 3 fully saturated rings. The molecule has 1 amide bonds. The zero-order valence-corrected chi connectivity index (χ0v) is 32.4. The van der Waals surface area contributed by atoms with Gasteiger partial charge in [0.1, 0.15) is 23.9 Å². The summed E-state index contributed by atoms with van der Waals surface area (Å²) in [6.45, 7) is 14.0. The Bertz CT molecular complexity index is 1440. The van der Waals surface area contributed by atoms with Crippen molar-refractivity contribution in [1.29, 1.82) is 0 Å². The lowest BCUT2D eigenvalue weighted by Gasteiger charge is -2.47. The van der Waals surface area contributed by atoms with Crippen LogP contribution in [0.5, 0.6) is 0 Å². The number of carbonyl (C=O) groups excluding carboxylic acids is 4. The summed E-state index contributed by atoms with van der Waals surface area (Å²) >= 11 is 0.